The van der Waals surface area contributed by atoms with Gasteiger partial charge in [-0.1, -0.05) is 217 Å². The Kier molecular flexibility index (Phi) is 42.2. The number of aliphatic hydroxyl groups is 2. The topological polar surface area (TPSA) is 95.9 Å². The molecule has 0 aliphatic rings. The van der Waals surface area contributed by atoms with E-state index in [1.165, 1.54) is 128 Å². The Morgan fingerprint density at radius 3 is 1.43 bits per heavy atom. The standard InChI is InChI=1S/C50H91NO5/c1-4-7-10-13-16-19-22-23-24-25-28-29-32-35-38-41-46(56-50(55)43-40-37-34-31-27-21-18-15-12-9-6-3)44-49(54)51-47(45-52)48(53)42-39-36-33-30-26-20-17-14-11-8-5-2/h16,19,23-24,28-29,35,38,46-48,52-53H,4-15,17-18,20-22,25-27,30-34,36-37,39-45H2,1-3H3,(H,51,54)/b19-16-,24-23-,29-28-,38-35-. The van der Waals surface area contributed by atoms with E-state index in [9.17, 15) is 19.8 Å². The molecule has 56 heavy (non-hydrogen) atoms. The number of carbonyl (C=O) groups excluding carboxylic acids is 2. The number of rotatable bonds is 42. The van der Waals surface area contributed by atoms with Crippen molar-refractivity contribution >= 4 is 11.9 Å². The van der Waals surface area contributed by atoms with Gasteiger partial charge in [-0.2, -0.15) is 0 Å². The highest BCUT2D eigenvalue weighted by Gasteiger charge is 2.23. The Morgan fingerprint density at radius 1 is 0.536 bits per heavy atom. The van der Waals surface area contributed by atoms with E-state index in [0.717, 1.165) is 57.8 Å². The highest BCUT2D eigenvalue weighted by Crippen LogP contribution is 2.16. The van der Waals surface area contributed by atoms with Gasteiger partial charge in [0.05, 0.1) is 25.2 Å². The van der Waals surface area contributed by atoms with E-state index in [0.29, 0.717) is 19.3 Å². The van der Waals surface area contributed by atoms with E-state index in [4.69, 9.17) is 4.74 Å². The smallest absolute Gasteiger partial charge is 0.306 e. The van der Waals surface area contributed by atoms with Crippen LogP contribution in [0.2, 0.25) is 0 Å². The van der Waals surface area contributed by atoms with Gasteiger partial charge in [0.1, 0.15) is 6.10 Å². The second kappa shape index (κ2) is 43.9. The lowest BCUT2D eigenvalue weighted by atomic mass is 10.0. The van der Waals surface area contributed by atoms with Gasteiger partial charge < -0.3 is 20.3 Å². The van der Waals surface area contributed by atoms with Crippen LogP contribution in [0.15, 0.2) is 48.6 Å². The molecule has 6 heteroatoms. The van der Waals surface area contributed by atoms with Crippen LogP contribution in [-0.4, -0.2) is 46.9 Å². The molecule has 0 heterocycles. The number of ether oxygens (including phenoxy) is 1. The second-order valence-corrected chi connectivity index (χ2v) is 16.2. The fraction of sp³-hybridized carbons (Fsp3) is 0.800. The van der Waals surface area contributed by atoms with Crippen LogP contribution in [0.4, 0.5) is 0 Å². The summed E-state index contributed by atoms with van der Waals surface area (Å²) in [5, 5.41) is 23.6. The van der Waals surface area contributed by atoms with Crippen molar-refractivity contribution in [3.05, 3.63) is 48.6 Å². The van der Waals surface area contributed by atoms with Gasteiger partial charge in [0.15, 0.2) is 0 Å². The van der Waals surface area contributed by atoms with Crippen molar-refractivity contribution in [3.8, 4) is 0 Å². The summed E-state index contributed by atoms with van der Waals surface area (Å²) in [4.78, 5) is 26.0. The fourth-order valence-corrected chi connectivity index (χ4v) is 7.00. The third-order valence-electron chi connectivity index (χ3n) is 10.7. The molecule has 326 valence electrons. The lowest BCUT2D eigenvalue weighted by molar-refractivity contribution is -0.150. The number of esters is 1. The van der Waals surface area contributed by atoms with Gasteiger partial charge in [0.25, 0.3) is 0 Å². The molecule has 0 aromatic heterocycles. The van der Waals surface area contributed by atoms with Gasteiger partial charge in [-0.3, -0.25) is 9.59 Å². The summed E-state index contributed by atoms with van der Waals surface area (Å²) in [6, 6.07) is -0.727. The first-order valence-corrected chi connectivity index (χ1v) is 23.9. The highest BCUT2D eigenvalue weighted by molar-refractivity contribution is 5.77. The lowest BCUT2D eigenvalue weighted by Crippen LogP contribution is -2.46. The summed E-state index contributed by atoms with van der Waals surface area (Å²) >= 11 is 0. The van der Waals surface area contributed by atoms with Crippen molar-refractivity contribution < 1.29 is 24.5 Å². The van der Waals surface area contributed by atoms with Crippen molar-refractivity contribution in [2.75, 3.05) is 6.61 Å². The monoisotopic (exact) mass is 786 g/mol. The number of amides is 1. The minimum atomic E-state index is -0.807. The number of aliphatic hydroxyl groups excluding tert-OH is 2. The predicted octanol–water partition coefficient (Wildman–Crippen LogP) is 13.9. The minimum absolute atomic E-state index is 0.00366. The van der Waals surface area contributed by atoms with Crippen LogP contribution in [0.3, 0.4) is 0 Å². The number of allylic oxidation sites excluding steroid dienone is 7. The molecule has 0 fully saturated rings. The SMILES string of the molecule is CCCCC/C=C\C/C=C\C/C=C\C/C=C\CC(CC(=O)NC(CO)C(O)CCCCCCCCCCCCC)OC(=O)CCCCCCCCCCCCC. The number of hydrogen-bond acceptors (Lipinski definition) is 5. The van der Waals surface area contributed by atoms with Crippen LogP contribution in [0.1, 0.15) is 233 Å². The first-order chi connectivity index (χ1) is 27.5. The van der Waals surface area contributed by atoms with Crippen molar-refractivity contribution in [1.29, 1.82) is 0 Å². The quantitative estimate of drug-likeness (QED) is 0.0325. The third kappa shape index (κ3) is 38.7. The Balaban J connectivity index is 4.74. The molecule has 1 amide bonds. The Morgan fingerprint density at radius 2 is 0.946 bits per heavy atom. The molecule has 0 bridgehead atoms. The molecular formula is C50H91NO5. The Labute approximate surface area is 346 Å². The highest BCUT2D eigenvalue weighted by atomic mass is 16.5. The van der Waals surface area contributed by atoms with Crippen LogP contribution in [-0.2, 0) is 14.3 Å². The van der Waals surface area contributed by atoms with Gasteiger partial charge >= 0.3 is 5.97 Å². The van der Waals surface area contributed by atoms with Gasteiger partial charge in [0.2, 0.25) is 5.91 Å². The zero-order valence-corrected chi connectivity index (χ0v) is 37.0. The molecule has 0 saturated carbocycles. The number of unbranched alkanes of at least 4 members (excludes halogenated alkanes) is 23. The molecule has 0 aliphatic heterocycles. The summed E-state index contributed by atoms with van der Waals surface area (Å²) in [5.74, 6) is -0.574. The maximum absolute atomic E-state index is 13.1. The van der Waals surface area contributed by atoms with Crippen LogP contribution in [0.5, 0.6) is 0 Å². The summed E-state index contributed by atoms with van der Waals surface area (Å²) < 4.78 is 5.84. The van der Waals surface area contributed by atoms with E-state index >= 15 is 0 Å². The first-order valence-electron chi connectivity index (χ1n) is 23.9. The maximum atomic E-state index is 13.1. The fourth-order valence-electron chi connectivity index (χ4n) is 7.00. The summed E-state index contributed by atoms with van der Waals surface area (Å²) in [6.45, 7) is 6.40. The molecule has 0 aromatic rings. The molecule has 0 radical (unpaired) electrons. The van der Waals surface area contributed by atoms with Crippen molar-refractivity contribution in [3.63, 3.8) is 0 Å². The van der Waals surface area contributed by atoms with Crippen molar-refractivity contribution in [2.24, 2.45) is 0 Å². The zero-order valence-electron chi connectivity index (χ0n) is 37.0. The number of nitrogens with one attached hydrogen (secondary N) is 1. The zero-order chi connectivity index (χ0) is 41.0. The van der Waals surface area contributed by atoms with Gasteiger partial charge in [-0.05, 0) is 44.9 Å². The van der Waals surface area contributed by atoms with Crippen LogP contribution in [0.25, 0.3) is 0 Å². The molecule has 0 rings (SSSR count). The second-order valence-electron chi connectivity index (χ2n) is 16.2. The summed E-state index contributed by atoms with van der Waals surface area (Å²) in [7, 11) is 0. The van der Waals surface area contributed by atoms with Gasteiger partial charge in [-0.15, -0.1) is 0 Å². The average molecular weight is 786 g/mol. The largest absolute Gasteiger partial charge is 0.461 e. The minimum Gasteiger partial charge on any atom is -0.461 e. The first kappa shape index (κ1) is 53.8. The maximum Gasteiger partial charge on any atom is 0.306 e. The van der Waals surface area contributed by atoms with Crippen molar-refractivity contribution in [1.82, 2.24) is 5.32 Å². The van der Waals surface area contributed by atoms with E-state index in [1.54, 1.807) is 0 Å². The average Bonchev–Trinajstić information content (AvgIpc) is 3.19. The summed E-state index contributed by atoms with van der Waals surface area (Å²) in [5.41, 5.74) is 0. The normalized spacial score (nSPS) is 13.7. The molecular weight excluding hydrogens is 695 g/mol. The lowest BCUT2D eigenvalue weighted by Gasteiger charge is -2.24. The number of hydrogen-bond donors (Lipinski definition) is 3. The Bertz CT molecular complexity index is 972. The van der Waals surface area contributed by atoms with Crippen LogP contribution < -0.4 is 5.32 Å². The molecule has 0 spiro atoms. The van der Waals surface area contributed by atoms with Gasteiger partial charge in [-0.25, -0.2) is 0 Å². The van der Waals surface area contributed by atoms with E-state index in [2.05, 4.69) is 68.6 Å². The summed E-state index contributed by atoms with van der Waals surface area (Å²) in [6.07, 6.45) is 51.8. The van der Waals surface area contributed by atoms with E-state index in [1.807, 2.05) is 6.08 Å². The molecule has 0 saturated heterocycles. The van der Waals surface area contributed by atoms with Crippen molar-refractivity contribution in [2.45, 2.75) is 251 Å². The molecule has 3 unspecified atom stereocenters. The van der Waals surface area contributed by atoms with Gasteiger partial charge in [0, 0.05) is 12.8 Å². The molecule has 3 atom stereocenters. The third-order valence-corrected chi connectivity index (χ3v) is 10.7. The van der Waals surface area contributed by atoms with E-state index < -0.39 is 18.2 Å². The Hall–Kier alpha value is -2.18. The molecule has 3 N–H and O–H groups in total. The van der Waals surface area contributed by atoms with Crippen LogP contribution in [0, 0.1) is 0 Å². The number of carbonyl (C=O) groups is 2. The predicted molar refractivity (Wildman–Crippen MR) is 241 cm³/mol. The van der Waals surface area contributed by atoms with E-state index in [-0.39, 0.29) is 24.9 Å². The molecule has 6 nitrogen and oxygen atoms in total. The molecule has 0 aliphatic carbocycles. The van der Waals surface area contributed by atoms with Crippen LogP contribution >= 0.6 is 0 Å². The molecule has 0 aromatic carbocycles.